The molecule has 1 saturated heterocycles. The zero-order valence-corrected chi connectivity index (χ0v) is 16.1. The maximum absolute atomic E-state index is 12.5. The van der Waals surface area contributed by atoms with E-state index < -0.39 is 10.0 Å². The van der Waals surface area contributed by atoms with Crippen molar-refractivity contribution in [3.05, 3.63) is 60.2 Å². The van der Waals surface area contributed by atoms with E-state index in [0.29, 0.717) is 24.5 Å². The van der Waals surface area contributed by atoms with Crippen LogP contribution in [0.4, 0.5) is 5.69 Å². The lowest BCUT2D eigenvalue weighted by atomic mass is 10.2. The maximum Gasteiger partial charge on any atom is 0.243 e. The van der Waals surface area contributed by atoms with Gasteiger partial charge in [-0.05, 0) is 42.7 Å². The molecule has 0 atom stereocenters. The molecule has 0 radical (unpaired) electrons. The summed E-state index contributed by atoms with van der Waals surface area (Å²) in [5.74, 6) is 1.03. The van der Waals surface area contributed by atoms with E-state index in [1.807, 2.05) is 30.3 Å². The molecule has 3 rings (SSSR count). The molecule has 5 nitrogen and oxygen atoms in total. The standard InChI is InChI=1S/C19H22N2O3S2/c22-19(15-25-14-16-6-2-1-3-7-16)20-17-8-10-18(11-9-17)26(23,24)21-12-4-5-13-21/h1-3,6-11H,4-5,12-15H2,(H,20,22). The van der Waals surface area contributed by atoms with E-state index >= 15 is 0 Å². The van der Waals surface area contributed by atoms with Crippen molar-refractivity contribution in [3.63, 3.8) is 0 Å². The molecular formula is C19H22N2O3S2. The Morgan fingerprint density at radius 3 is 2.31 bits per heavy atom. The first kappa shape index (κ1) is 18.9. The van der Waals surface area contributed by atoms with E-state index in [9.17, 15) is 13.2 Å². The molecule has 1 aliphatic rings. The number of carbonyl (C=O) groups excluding carboxylic acids is 1. The van der Waals surface area contributed by atoms with Crippen LogP contribution >= 0.6 is 11.8 Å². The lowest BCUT2D eigenvalue weighted by molar-refractivity contribution is -0.113. The van der Waals surface area contributed by atoms with E-state index in [4.69, 9.17) is 0 Å². The molecule has 26 heavy (non-hydrogen) atoms. The Kier molecular flexibility index (Phi) is 6.34. The number of carbonyl (C=O) groups is 1. The van der Waals surface area contributed by atoms with Crippen LogP contribution in [0.25, 0.3) is 0 Å². The zero-order chi connectivity index (χ0) is 18.4. The summed E-state index contributed by atoms with van der Waals surface area (Å²) in [7, 11) is -3.41. The van der Waals surface area contributed by atoms with Gasteiger partial charge in [-0.15, -0.1) is 11.8 Å². The Morgan fingerprint density at radius 1 is 1.00 bits per heavy atom. The minimum atomic E-state index is -3.41. The highest BCUT2D eigenvalue weighted by Gasteiger charge is 2.26. The zero-order valence-electron chi connectivity index (χ0n) is 14.4. The molecule has 0 unspecified atom stereocenters. The Balaban J connectivity index is 1.51. The van der Waals surface area contributed by atoms with Gasteiger partial charge in [0.2, 0.25) is 15.9 Å². The fourth-order valence-electron chi connectivity index (χ4n) is 2.82. The molecule has 0 aromatic heterocycles. The van der Waals surface area contributed by atoms with Crippen LogP contribution in [0, 0.1) is 0 Å². The van der Waals surface area contributed by atoms with Gasteiger partial charge in [-0.1, -0.05) is 30.3 Å². The van der Waals surface area contributed by atoms with E-state index in [1.165, 1.54) is 9.87 Å². The number of anilines is 1. The molecule has 0 saturated carbocycles. The number of amides is 1. The third-order valence-electron chi connectivity index (χ3n) is 4.19. The quantitative estimate of drug-likeness (QED) is 0.787. The summed E-state index contributed by atoms with van der Waals surface area (Å²) in [5, 5.41) is 2.81. The van der Waals surface area contributed by atoms with Crippen molar-refractivity contribution in [1.82, 2.24) is 4.31 Å². The second-order valence-electron chi connectivity index (χ2n) is 6.16. The van der Waals surface area contributed by atoms with Crippen LogP contribution in [-0.4, -0.2) is 37.5 Å². The molecular weight excluding hydrogens is 368 g/mol. The van der Waals surface area contributed by atoms with E-state index in [0.717, 1.165) is 18.6 Å². The van der Waals surface area contributed by atoms with Crippen molar-refractivity contribution in [2.75, 3.05) is 24.2 Å². The van der Waals surface area contributed by atoms with Crippen LogP contribution in [0.3, 0.4) is 0 Å². The van der Waals surface area contributed by atoms with Crippen molar-refractivity contribution in [2.24, 2.45) is 0 Å². The fourth-order valence-corrected chi connectivity index (χ4v) is 5.13. The third-order valence-corrected chi connectivity index (χ3v) is 7.10. The van der Waals surface area contributed by atoms with E-state index in [-0.39, 0.29) is 10.8 Å². The molecule has 0 aliphatic carbocycles. The highest BCUT2D eigenvalue weighted by molar-refractivity contribution is 7.99. The summed E-state index contributed by atoms with van der Waals surface area (Å²) in [6.45, 7) is 1.17. The molecule has 0 spiro atoms. The number of benzene rings is 2. The number of thioether (sulfide) groups is 1. The normalized spacial score (nSPS) is 15.1. The number of hydrogen-bond donors (Lipinski definition) is 1. The third kappa shape index (κ3) is 4.87. The predicted molar refractivity (Wildman–Crippen MR) is 106 cm³/mol. The van der Waals surface area contributed by atoms with Gasteiger partial charge in [0.15, 0.2) is 0 Å². The van der Waals surface area contributed by atoms with Crippen LogP contribution in [0.15, 0.2) is 59.5 Å². The Hall–Kier alpha value is -1.83. The second kappa shape index (κ2) is 8.70. The molecule has 1 aliphatic heterocycles. The van der Waals surface area contributed by atoms with Crippen molar-refractivity contribution in [1.29, 1.82) is 0 Å². The largest absolute Gasteiger partial charge is 0.325 e. The highest BCUT2D eigenvalue weighted by atomic mass is 32.2. The molecule has 0 bridgehead atoms. The summed E-state index contributed by atoms with van der Waals surface area (Å²) in [5.41, 5.74) is 1.79. The summed E-state index contributed by atoms with van der Waals surface area (Å²) >= 11 is 1.54. The van der Waals surface area contributed by atoms with Gasteiger partial charge in [0.25, 0.3) is 0 Å². The van der Waals surface area contributed by atoms with Gasteiger partial charge < -0.3 is 5.32 Å². The van der Waals surface area contributed by atoms with Gasteiger partial charge in [0.05, 0.1) is 10.6 Å². The van der Waals surface area contributed by atoms with E-state index in [2.05, 4.69) is 5.32 Å². The van der Waals surface area contributed by atoms with Gasteiger partial charge in [-0.3, -0.25) is 4.79 Å². The number of nitrogens with zero attached hydrogens (tertiary/aromatic N) is 1. The molecule has 1 N–H and O–H groups in total. The number of sulfonamides is 1. The van der Waals surface area contributed by atoms with Gasteiger partial charge in [0.1, 0.15) is 0 Å². The van der Waals surface area contributed by atoms with Crippen LogP contribution in [0.5, 0.6) is 0 Å². The van der Waals surface area contributed by atoms with Gasteiger partial charge >= 0.3 is 0 Å². The molecule has 1 heterocycles. The van der Waals surface area contributed by atoms with Gasteiger partial charge in [-0.2, -0.15) is 4.31 Å². The molecule has 7 heteroatoms. The SMILES string of the molecule is O=C(CSCc1ccccc1)Nc1ccc(S(=O)(=O)N2CCCC2)cc1. The first-order chi connectivity index (χ1) is 12.6. The van der Waals surface area contributed by atoms with Crippen molar-refractivity contribution < 1.29 is 13.2 Å². The summed E-state index contributed by atoms with van der Waals surface area (Å²) in [6.07, 6.45) is 1.82. The molecule has 1 amide bonds. The van der Waals surface area contributed by atoms with Crippen molar-refractivity contribution in [3.8, 4) is 0 Å². The monoisotopic (exact) mass is 390 g/mol. The Labute approximate surface area is 158 Å². The summed E-state index contributed by atoms with van der Waals surface area (Å²) in [4.78, 5) is 12.3. The second-order valence-corrected chi connectivity index (χ2v) is 9.09. The van der Waals surface area contributed by atoms with Crippen molar-refractivity contribution >= 4 is 33.4 Å². The first-order valence-corrected chi connectivity index (χ1v) is 11.2. The number of rotatable bonds is 7. The predicted octanol–water partition coefficient (Wildman–Crippen LogP) is 3.34. The average Bonchev–Trinajstić information content (AvgIpc) is 3.19. The molecule has 138 valence electrons. The lowest BCUT2D eigenvalue weighted by Crippen LogP contribution is -2.27. The van der Waals surface area contributed by atoms with Gasteiger partial charge in [0, 0.05) is 24.5 Å². The van der Waals surface area contributed by atoms with Crippen LogP contribution in [0.1, 0.15) is 18.4 Å². The van der Waals surface area contributed by atoms with E-state index in [1.54, 1.807) is 36.0 Å². The fraction of sp³-hybridized carbons (Fsp3) is 0.316. The molecule has 2 aromatic carbocycles. The minimum absolute atomic E-state index is 0.0962. The van der Waals surface area contributed by atoms with Crippen LogP contribution < -0.4 is 5.32 Å². The Morgan fingerprint density at radius 2 is 1.65 bits per heavy atom. The topological polar surface area (TPSA) is 66.5 Å². The molecule has 1 fully saturated rings. The smallest absolute Gasteiger partial charge is 0.243 e. The Bertz CT molecular complexity index is 831. The summed E-state index contributed by atoms with van der Waals surface area (Å²) < 4.78 is 26.5. The minimum Gasteiger partial charge on any atom is -0.325 e. The van der Waals surface area contributed by atoms with Crippen LogP contribution in [-0.2, 0) is 20.6 Å². The lowest BCUT2D eigenvalue weighted by Gasteiger charge is -2.15. The summed E-state index contributed by atoms with van der Waals surface area (Å²) in [6, 6.07) is 16.4. The highest BCUT2D eigenvalue weighted by Crippen LogP contribution is 2.22. The number of hydrogen-bond acceptors (Lipinski definition) is 4. The maximum atomic E-state index is 12.5. The molecule has 2 aromatic rings. The van der Waals surface area contributed by atoms with Gasteiger partial charge in [-0.25, -0.2) is 8.42 Å². The van der Waals surface area contributed by atoms with Crippen molar-refractivity contribution in [2.45, 2.75) is 23.5 Å². The van der Waals surface area contributed by atoms with Crippen LogP contribution in [0.2, 0.25) is 0 Å². The first-order valence-electron chi connectivity index (χ1n) is 8.57. The average molecular weight is 391 g/mol. The number of nitrogens with one attached hydrogen (secondary N) is 1.